The molecule has 4 nitrogen and oxygen atoms in total. The maximum Gasteiger partial charge on any atom is 0.238 e. The molecule has 25 heavy (non-hydrogen) atoms. The van der Waals surface area contributed by atoms with Gasteiger partial charge in [0, 0.05) is 17.0 Å². The molecule has 0 atom stereocenters. The number of nitrogens with one attached hydrogen (secondary N) is 3. The first kappa shape index (κ1) is 19.4. The summed E-state index contributed by atoms with van der Waals surface area (Å²) in [6.07, 6.45) is 5.72. The summed E-state index contributed by atoms with van der Waals surface area (Å²) in [4.78, 5) is 13.1. The van der Waals surface area contributed by atoms with E-state index in [4.69, 9.17) is 12.2 Å². The Bertz CT molecular complexity index is 654. The van der Waals surface area contributed by atoms with E-state index in [1.54, 1.807) is 11.3 Å². The second-order valence-corrected chi connectivity index (χ2v) is 7.30. The van der Waals surface area contributed by atoms with Crippen LogP contribution in [0.15, 0.2) is 41.8 Å². The molecule has 2 rings (SSSR count). The van der Waals surface area contributed by atoms with Crippen LogP contribution in [-0.2, 0) is 17.6 Å². The molecule has 0 aliphatic heterocycles. The van der Waals surface area contributed by atoms with Gasteiger partial charge in [-0.3, -0.25) is 15.6 Å². The lowest BCUT2D eigenvalue weighted by Gasteiger charge is -2.12. The third kappa shape index (κ3) is 7.67. The Morgan fingerprint density at radius 3 is 2.56 bits per heavy atom. The molecule has 1 heterocycles. The van der Waals surface area contributed by atoms with Crippen molar-refractivity contribution < 1.29 is 4.79 Å². The number of thiophene rings is 1. The number of unbranched alkanes of at least 4 members (excludes halogenated alkanes) is 1. The highest BCUT2D eigenvalue weighted by Gasteiger charge is 2.03. The van der Waals surface area contributed by atoms with Crippen molar-refractivity contribution >= 4 is 40.3 Å². The number of amides is 1. The molecule has 1 aromatic carbocycles. The standard InChI is InChI=1S/C19H25N3OS2/c1-2-3-6-15-10-12-16(13-11-15)20-19(24)22-21-18(23)9-4-7-17-8-5-14-25-17/h5,8,10-14H,2-4,6-7,9H2,1H3,(H,21,23)(H2,20,22,24). The third-order valence-corrected chi connectivity index (χ3v) is 4.89. The van der Waals surface area contributed by atoms with Crippen LogP contribution in [-0.4, -0.2) is 11.0 Å². The number of carbonyl (C=O) groups is 1. The maximum absolute atomic E-state index is 11.8. The second-order valence-electron chi connectivity index (χ2n) is 5.86. The Kier molecular flexibility index (Phi) is 8.42. The molecule has 0 saturated heterocycles. The lowest BCUT2D eigenvalue weighted by atomic mass is 10.1. The molecule has 0 radical (unpaired) electrons. The summed E-state index contributed by atoms with van der Waals surface area (Å²) in [5.74, 6) is -0.0596. The van der Waals surface area contributed by atoms with E-state index in [1.807, 2.05) is 18.2 Å². The molecule has 6 heteroatoms. The van der Waals surface area contributed by atoms with Crippen LogP contribution in [0.2, 0.25) is 0 Å². The summed E-state index contributed by atoms with van der Waals surface area (Å²) in [5, 5.41) is 5.50. The van der Waals surface area contributed by atoms with Crippen molar-refractivity contribution in [2.75, 3.05) is 5.32 Å². The molecule has 2 aromatic rings. The quantitative estimate of drug-likeness (QED) is 0.472. The molecule has 0 unspecified atom stereocenters. The predicted molar refractivity (Wildman–Crippen MR) is 110 cm³/mol. The van der Waals surface area contributed by atoms with E-state index in [-0.39, 0.29) is 5.91 Å². The summed E-state index contributed by atoms with van der Waals surface area (Å²) in [6.45, 7) is 2.19. The number of carbonyl (C=O) groups excluding carboxylic acids is 1. The zero-order valence-corrected chi connectivity index (χ0v) is 16.1. The number of rotatable bonds is 8. The fourth-order valence-corrected chi connectivity index (χ4v) is 3.29. The van der Waals surface area contributed by atoms with Crippen molar-refractivity contribution in [3.05, 3.63) is 52.2 Å². The first-order valence-corrected chi connectivity index (χ1v) is 9.93. The smallest absolute Gasteiger partial charge is 0.238 e. The molecule has 0 spiro atoms. The zero-order chi connectivity index (χ0) is 17.9. The number of hydrogen-bond acceptors (Lipinski definition) is 3. The van der Waals surface area contributed by atoms with Crippen molar-refractivity contribution in [2.45, 2.75) is 45.4 Å². The van der Waals surface area contributed by atoms with Gasteiger partial charge in [0.1, 0.15) is 0 Å². The van der Waals surface area contributed by atoms with E-state index in [2.05, 4.69) is 46.7 Å². The molecule has 0 bridgehead atoms. The van der Waals surface area contributed by atoms with E-state index < -0.39 is 0 Å². The average molecular weight is 376 g/mol. The van der Waals surface area contributed by atoms with Crippen LogP contribution in [0.5, 0.6) is 0 Å². The van der Waals surface area contributed by atoms with Gasteiger partial charge in [0.2, 0.25) is 5.91 Å². The van der Waals surface area contributed by atoms with Gasteiger partial charge < -0.3 is 5.32 Å². The maximum atomic E-state index is 11.8. The summed E-state index contributed by atoms with van der Waals surface area (Å²) >= 11 is 6.92. The summed E-state index contributed by atoms with van der Waals surface area (Å²) in [6, 6.07) is 12.3. The molecule has 1 aromatic heterocycles. The lowest BCUT2D eigenvalue weighted by Crippen LogP contribution is -2.43. The molecule has 0 aliphatic carbocycles. The van der Waals surface area contributed by atoms with Crippen LogP contribution in [0.4, 0.5) is 5.69 Å². The van der Waals surface area contributed by atoms with Gasteiger partial charge in [0.15, 0.2) is 5.11 Å². The van der Waals surface area contributed by atoms with Crippen LogP contribution in [0.3, 0.4) is 0 Å². The topological polar surface area (TPSA) is 53.2 Å². The number of hydrogen-bond donors (Lipinski definition) is 3. The lowest BCUT2D eigenvalue weighted by molar-refractivity contribution is -0.121. The van der Waals surface area contributed by atoms with Gasteiger partial charge in [-0.15, -0.1) is 11.3 Å². The van der Waals surface area contributed by atoms with Gasteiger partial charge in [-0.25, -0.2) is 0 Å². The molecule has 134 valence electrons. The number of thiocarbonyl (C=S) groups is 1. The van der Waals surface area contributed by atoms with Crippen LogP contribution in [0.1, 0.15) is 43.0 Å². The Labute approximate surface area is 159 Å². The first-order valence-electron chi connectivity index (χ1n) is 8.64. The van der Waals surface area contributed by atoms with E-state index in [0.29, 0.717) is 11.5 Å². The largest absolute Gasteiger partial charge is 0.331 e. The number of aryl methyl sites for hydroxylation is 2. The normalized spacial score (nSPS) is 10.3. The minimum atomic E-state index is -0.0596. The molecule has 3 N–H and O–H groups in total. The van der Waals surface area contributed by atoms with Crippen LogP contribution >= 0.6 is 23.6 Å². The minimum absolute atomic E-state index is 0.0596. The van der Waals surface area contributed by atoms with Crippen LogP contribution in [0.25, 0.3) is 0 Å². The summed E-state index contributed by atoms with van der Waals surface area (Å²) in [7, 11) is 0. The van der Waals surface area contributed by atoms with Gasteiger partial charge in [-0.05, 0) is 67.0 Å². The van der Waals surface area contributed by atoms with E-state index in [1.165, 1.54) is 23.3 Å². The molecule has 0 aliphatic rings. The highest BCUT2D eigenvalue weighted by atomic mass is 32.1. The molecule has 1 amide bonds. The molecule has 0 fully saturated rings. The van der Waals surface area contributed by atoms with Gasteiger partial charge in [0.25, 0.3) is 0 Å². The van der Waals surface area contributed by atoms with Crippen molar-refractivity contribution in [1.82, 2.24) is 10.9 Å². The van der Waals surface area contributed by atoms with E-state index in [0.717, 1.165) is 24.9 Å². The van der Waals surface area contributed by atoms with Crippen molar-refractivity contribution in [3.8, 4) is 0 Å². The van der Waals surface area contributed by atoms with Gasteiger partial charge in [0.05, 0.1) is 0 Å². The fraction of sp³-hybridized carbons (Fsp3) is 0.368. The van der Waals surface area contributed by atoms with Crippen molar-refractivity contribution in [2.24, 2.45) is 0 Å². The number of benzene rings is 1. The second kappa shape index (κ2) is 10.8. The molecule has 0 saturated carbocycles. The Morgan fingerprint density at radius 2 is 1.88 bits per heavy atom. The Balaban J connectivity index is 1.63. The Hall–Kier alpha value is -1.92. The fourth-order valence-electron chi connectivity index (χ4n) is 2.36. The van der Waals surface area contributed by atoms with Crippen LogP contribution < -0.4 is 16.2 Å². The SMILES string of the molecule is CCCCc1ccc(NC(=S)NNC(=O)CCCc2cccs2)cc1. The summed E-state index contributed by atoms with van der Waals surface area (Å²) < 4.78 is 0. The summed E-state index contributed by atoms with van der Waals surface area (Å²) in [5.41, 5.74) is 7.61. The van der Waals surface area contributed by atoms with E-state index in [9.17, 15) is 4.79 Å². The van der Waals surface area contributed by atoms with E-state index >= 15 is 0 Å². The monoisotopic (exact) mass is 375 g/mol. The number of hydrazine groups is 1. The predicted octanol–water partition coefficient (Wildman–Crippen LogP) is 4.43. The average Bonchev–Trinajstić information content (AvgIpc) is 3.13. The minimum Gasteiger partial charge on any atom is -0.331 e. The Morgan fingerprint density at radius 1 is 1.08 bits per heavy atom. The third-order valence-electron chi connectivity index (χ3n) is 3.75. The van der Waals surface area contributed by atoms with Gasteiger partial charge in [-0.1, -0.05) is 31.5 Å². The zero-order valence-electron chi connectivity index (χ0n) is 14.5. The number of anilines is 1. The van der Waals surface area contributed by atoms with Crippen LogP contribution in [0, 0.1) is 0 Å². The molecular formula is C19H25N3OS2. The van der Waals surface area contributed by atoms with Crippen molar-refractivity contribution in [1.29, 1.82) is 0 Å². The highest BCUT2D eigenvalue weighted by molar-refractivity contribution is 7.80. The van der Waals surface area contributed by atoms with Gasteiger partial charge in [-0.2, -0.15) is 0 Å². The van der Waals surface area contributed by atoms with Crippen molar-refractivity contribution in [3.63, 3.8) is 0 Å². The highest BCUT2D eigenvalue weighted by Crippen LogP contribution is 2.12. The molecular weight excluding hydrogens is 350 g/mol. The first-order chi connectivity index (χ1) is 12.2. The van der Waals surface area contributed by atoms with Gasteiger partial charge >= 0.3 is 0 Å².